The van der Waals surface area contributed by atoms with E-state index in [1.54, 1.807) is 6.20 Å². The average molecular weight is 279 g/mol. The number of imidazole rings is 1. The molecule has 0 bridgehead atoms. The molecule has 2 rings (SSSR count). The lowest BCUT2D eigenvalue weighted by Crippen LogP contribution is -1.98. The van der Waals surface area contributed by atoms with E-state index in [1.807, 2.05) is 6.20 Å². The maximum absolute atomic E-state index is 4.24. The number of halogens is 1. The molecule has 1 unspecified atom stereocenters. The Morgan fingerprint density at radius 1 is 1.25 bits per heavy atom. The summed E-state index contributed by atoms with van der Waals surface area (Å²) in [5.74, 6) is 1.01. The molecule has 2 aromatic rings. The van der Waals surface area contributed by atoms with Crippen LogP contribution in [0.2, 0.25) is 0 Å². The Bertz CT molecular complexity index is 443. The van der Waals surface area contributed by atoms with Crippen molar-refractivity contribution >= 4 is 15.9 Å². The minimum atomic E-state index is 0.317. The third-order valence-corrected chi connectivity index (χ3v) is 3.39. The molecular weight excluding hydrogens is 264 g/mol. The highest BCUT2D eigenvalue weighted by atomic mass is 79.9. The molecule has 1 aromatic carbocycles. The summed E-state index contributed by atoms with van der Waals surface area (Å²) in [4.78, 5) is 7.68. The van der Waals surface area contributed by atoms with Gasteiger partial charge in [-0.2, -0.15) is 0 Å². The van der Waals surface area contributed by atoms with Crippen molar-refractivity contribution in [2.75, 3.05) is 0 Å². The van der Waals surface area contributed by atoms with Crippen LogP contribution in [0.5, 0.6) is 0 Å². The molecule has 1 N–H and O–H groups in total. The SMILES string of the molecule is Cc1cc(C)cc(C(Br)Cc2ncc[nH]2)c1. The van der Waals surface area contributed by atoms with E-state index < -0.39 is 0 Å². The highest BCUT2D eigenvalue weighted by Crippen LogP contribution is 2.27. The molecule has 1 atom stereocenters. The molecule has 1 aromatic heterocycles. The minimum Gasteiger partial charge on any atom is -0.349 e. The molecule has 16 heavy (non-hydrogen) atoms. The number of nitrogens with one attached hydrogen (secondary N) is 1. The lowest BCUT2D eigenvalue weighted by atomic mass is 10.0. The fourth-order valence-corrected chi connectivity index (χ4v) is 2.46. The zero-order valence-electron chi connectivity index (χ0n) is 9.50. The first-order chi connectivity index (χ1) is 7.65. The lowest BCUT2D eigenvalue weighted by Gasteiger charge is -2.10. The van der Waals surface area contributed by atoms with Crippen LogP contribution in [0, 0.1) is 13.8 Å². The topological polar surface area (TPSA) is 28.7 Å². The van der Waals surface area contributed by atoms with Gasteiger partial charge in [-0.3, -0.25) is 0 Å². The maximum atomic E-state index is 4.24. The van der Waals surface area contributed by atoms with Crippen LogP contribution >= 0.6 is 15.9 Å². The molecule has 0 aliphatic rings. The zero-order valence-corrected chi connectivity index (χ0v) is 11.1. The lowest BCUT2D eigenvalue weighted by molar-refractivity contribution is 0.874. The van der Waals surface area contributed by atoms with E-state index in [-0.39, 0.29) is 0 Å². The fourth-order valence-electron chi connectivity index (χ4n) is 1.89. The van der Waals surface area contributed by atoms with Gasteiger partial charge >= 0.3 is 0 Å². The van der Waals surface area contributed by atoms with E-state index in [2.05, 4.69) is 57.9 Å². The molecule has 0 saturated carbocycles. The van der Waals surface area contributed by atoms with Gasteiger partial charge in [-0.25, -0.2) is 4.98 Å². The number of nitrogens with zero attached hydrogens (tertiary/aromatic N) is 1. The van der Waals surface area contributed by atoms with Crippen LogP contribution in [0.15, 0.2) is 30.6 Å². The zero-order chi connectivity index (χ0) is 11.5. The average Bonchev–Trinajstić information content (AvgIpc) is 2.68. The number of rotatable bonds is 3. The van der Waals surface area contributed by atoms with E-state index in [0.29, 0.717) is 4.83 Å². The van der Waals surface area contributed by atoms with Gasteiger partial charge < -0.3 is 4.98 Å². The second kappa shape index (κ2) is 4.83. The van der Waals surface area contributed by atoms with Crippen molar-refractivity contribution < 1.29 is 0 Å². The number of aromatic amines is 1. The van der Waals surface area contributed by atoms with Crippen molar-refractivity contribution in [3.63, 3.8) is 0 Å². The van der Waals surface area contributed by atoms with E-state index in [1.165, 1.54) is 16.7 Å². The van der Waals surface area contributed by atoms with Crippen molar-refractivity contribution in [2.24, 2.45) is 0 Å². The molecule has 1 heterocycles. The van der Waals surface area contributed by atoms with Crippen LogP contribution in [0.1, 0.15) is 27.3 Å². The predicted molar refractivity (Wildman–Crippen MR) is 69.9 cm³/mol. The van der Waals surface area contributed by atoms with Crippen LogP contribution < -0.4 is 0 Å². The van der Waals surface area contributed by atoms with Crippen LogP contribution in [0.4, 0.5) is 0 Å². The van der Waals surface area contributed by atoms with Crippen LogP contribution in [0.25, 0.3) is 0 Å². The molecular formula is C13H15BrN2. The van der Waals surface area contributed by atoms with Gasteiger partial charge in [0.15, 0.2) is 0 Å². The summed E-state index contributed by atoms with van der Waals surface area (Å²) >= 11 is 3.72. The summed E-state index contributed by atoms with van der Waals surface area (Å²) < 4.78 is 0. The highest BCUT2D eigenvalue weighted by Gasteiger charge is 2.10. The van der Waals surface area contributed by atoms with E-state index in [9.17, 15) is 0 Å². The van der Waals surface area contributed by atoms with Crippen molar-refractivity contribution in [2.45, 2.75) is 25.1 Å². The Labute approximate surface area is 104 Å². The smallest absolute Gasteiger partial charge is 0.107 e. The first kappa shape index (κ1) is 11.4. The van der Waals surface area contributed by atoms with Gasteiger partial charge in [0.2, 0.25) is 0 Å². The molecule has 0 fully saturated rings. The normalized spacial score (nSPS) is 12.7. The predicted octanol–water partition coefficient (Wildman–Crippen LogP) is 3.71. The van der Waals surface area contributed by atoms with Gasteiger partial charge in [-0.05, 0) is 19.4 Å². The Hall–Kier alpha value is -1.09. The first-order valence-corrected chi connectivity index (χ1v) is 6.27. The Morgan fingerprint density at radius 3 is 2.50 bits per heavy atom. The van der Waals surface area contributed by atoms with E-state index in [4.69, 9.17) is 0 Å². The molecule has 0 amide bonds. The molecule has 3 heteroatoms. The minimum absolute atomic E-state index is 0.317. The van der Waals surface area contributed by atoms with Gasteiger partial charge in [0.1, 0.15) is 5.82 Å². The largest absolute Gasteiger partial charge is 0.349 e. The molecule has 0 radical (unpaired) electrons. The monoisotopic (exact) mass is 278 g/mol. The van der Waals surface area contributed by atoms with Crippen LogP contribution in [-0.4, -0.2) is 9.97 Å². The van der Waals surface area contributed by atoms with Crippen LogP contribution in [-0.2, 0) is 6.42 Å². The number of alkyl halides is 1. The number of aryl methyl sites for hydroxylation is 2. The molecule has 2 nitrogen and oxygen atoms in total. The van der Waals surface area contributed by atoms with Crippen molar-refractivity contribution in [1.29, 1.82) is 0 Å². The number of hydrogen-bond donors (Lipinski definition) is 1. The second-order valence-corrected chi connectivity index (χ2v) is 5.23. The van der Waals surface area contributed by atoms with Gasteiger partial charge in [0.05, 0.1) is 0 Å². The van der Waals surface area contributed by atoms with E-state index in [0.717, 1.165) is 12.2 Å². The van der Waals surface area contributed by atoms with Gasteiger partial charge in [-0.1, -0.05) is 45.3 Å². The van der Waals surface area contributed by atoms with Crippen molar-refractivity contribution in [3.8, 4) is 0 Å². The van der Waals surface area contributed by atoms with E-state index >= 15 is 0 Å². The van der Waals surface area contributed by atoms with Crippen molar-refractivity contribution in [3.05, 3.63) is 53.1 Å². The summed E-state index contributed by atoms with van der Waals surface area (Å²) in [5, 5.41) is 0. The van der Waals surface area contributed by atoms with Gasteiger partial charge in [0.25, 0.3) is 0 Å². The highest BCUT2D eigenvalue weighted by molar-refractivity contribution is 9.09. The third kappa shape index (κ3) is 2.73. The summed E-state index contributed by atoms with van der Waals surface area (Å²) in [6, 6.07) is 6.63. The Morgan fingerprint density at radius 2 is 1.94 bits per heavy atom. The fraction of sp³-hybridized carbons (Fsp3) is 0.308. The molecule has 84 valence electrons. The maximum Gasteiger partial charge on any atom is 0.107 e. The third-order valence-electron chi connectivity index (χ3n) is 2.53. The number of H-pyrrole nitrogens is 1. The standard InChI is InChI=1S/C13H15BrN2/c1-9-5-10(2)7-11(6-9)12(14)8-13-15-3-4-16-13/h3-7,12H,8H2,1-2H3,(H,15,16). The Kier molecular flexibility index (Phi) is 3.44. The van der Waals surface area contributed by atoms with Gasteiger partial charge in [0, 0.05) is 23.6 Å². The number of hydrogen-bond acceptors (Lipinski definition) is 1. The van der Waals surface area contributed by atoms with Crippen LogP contribution in [0.3, 0.4) is 0 Å². The summed E-state index contributed by atoms with van der Waals surface area (Å²) in [6.07, 6.45) is 4.53. The molecule has 0 aliphatic carbocycles. The molecule has 0 spiro atoms. The number of aromatic nitrogens is 2. The quantitative estimate of drug-likeness (QED) is 0.852. The van der Waals surface area contributed by atoms with Gasteiger partial charge in [-0.15, -0.1) is 0 Å². The van der Waals surface area contributed by atoms with Crippen molar-refractivity contribution in [1.82, 2.24) is 9.97 Å². The molecule has 0 aliphatic heterocycles. The number of benzene rings is 1. The summed E-state index contributed by atoms with van der Waals surface area (Å²) in [7, 11) is 0. The Balaban J connectivity index is 2.17. The molecule has 0 saturated heterocycles. The second-order valence-electron chi connectivity index (χ2n) is 4.13. The first-order valence-electron chi connectivity index (χ1n) is 5.35. The summed E-state index contributed by atoms with van der Waals surface area (Å²) in [5.41, 5.74) is 3.92. The summed E-state index contributed by atoms with van der Waals surface area (Å²) in [6.45, 7) is 4.26.